The minimum Gasteiger partial charge on any atom is -1.00 e. The number of rotatable bonds is 7. The van der Waals surface area contributed by atoms with Crippen LogP contribution in [0.4, 0.5) is 0 Å². The highest BCUT2D eigenvalue weighted by Gasteiger charge is 2.28. The van der Waals surface area contributed by atoms with Crippen LogP contribution in [-0.2, 0) is 4.74 Å². The number of ether oxygens (including phenoxy) is 1. The van der Waals surface area contributed by atoms with Gasteiger partial charge in [0.05, 0.1) is 32.8 Å². The van der Waals surface area contributed by atoms with Crippen LogP contribution in [-0.4, -0.2) is 37.8 Å². The highest BCUT2D eigenvalue weighted by atomic mass is 127. The summed E-state index contributed by atoms with van der Waals surface area (Å²) in [6.45, 7) is 15.5. The highest BCUT2D eigenvalue weighted by molar-refractivity contribution is 7.10. The Labute approximate surface area is 146 Å². The fourth-order valence-electron chi connectivity index (χ4n) is 2.13. The van der Waals surface area contributed by atoms with Crippen LogP contribution in [0.2, 0.25) is 0 Å². The normalized spacial score (nSPS) is 13.9. The lowest BCUT2D eigenvalue weighted by molar-refractivity contribution is -0.906. The summed E-state index contributed by atoms with van der Waals surface area (Å²) in [6, 6.07) is 4.30. The Morgan fingerprint density at radius 2 is 1.85 bits per heavy atom. The molecular formula is C16H30INOS. The molecule has 0 aliphatic carbocycles. The Hall–Kier alpha value is 0.350. The fraction of sp³-hybridized carbons (Fsp3) is 0.750. The lowest BCUT2D eigenvalue weighted by atomic mass is 9.88. The molecule has 118 valence electrons. The van der Waals surface area contributed by atoms with Gasteiger partial charge in [-0.25, -0.2) is 0 Å². The summed E-state index contributed by atoms with van der Waals surface area (Å²) >= 11 is 1.80. The van der Waals surface area contributed by atoms with Gasteiger partial charge in [0.1, 0.15) is 6.54 Å². The van der Waals surface area contributed by atoms with Crippen LogP contribution >= 0.6 is 11.3 Å². The van der Waals surface area contributed by atoms with Gasteiger partial charge in [-0.05, 0) is 30.7 Å². The highest BCUT2D eigenvalue weighted by Crippen LogP contribution is 2.38. The second-order valence-corrected chi connectivity index (χ2v) is 7.59. The molecule has 0 amide bonds. The Bertz CT molecular complexity index is 355. The van der Waals surface area contributed by atoms with Crippen LogP contribution in [0.1, 0.15) is 45.6 Å². The van der Waals surface area contributed by atoms with Crippen molar-refractivity contribution in [3.05, 3.63) is 22.4 Å². The third-order valence-electron chi connectivity index (χ3n) is 4.03. The zero-order valence-electron chi connectivity index (χ0n) is 13.8. The molecule has 0 bridgehead atoms. The van der Waals surface area contributed by atoms with Gasteiger partial charge in [0, 0.05) is 4.88 Å². The molecule has 1 rings (SSSR count). The first-order valence-corrected chi connectivity index (χ1v) is 8.19. The maximum absolute atomic E-state index is 6.25. The number of likely N-dealkylation sites (N-methyl/N-ethyl adjacent to an activating group) is 1. The van der Waals surface area contributed by atoms with E-state index in [9.17, 15) is 0 Å². The molecule has 1 aromatic rings. The van der Waals surface area contributed by atoms with E-state index in [0.29, 0.717) is 0 Å². The van der Waals surface area contributed by atoms with Gasteiger partial charge in [0.2, 0.25) is 0 Å². The quantitative estimate of drug-likeness (QED) is 0.486. The van der Waals surface area contributed by atoms with Crippen LogP contribution in [0.25, 0.3) is 0 Å². The topological polar surface area (TPSA) is 9.23 Å². The molecule has 20 heavy (non-hydrogen) atoms. The van der Waals surface area contributed by atoms with E-state index in [-0.39, 0.29) is 35.5 Å². The van der Waals surface area contributed by atoms with Crippen molar-refractivity contribution in [2.24, 2.45) is 5.41 Å². The van der Waals surface area contributed by atoms with Crippen molar-refractivity contribution in [3.8, 4) is 0 Å². The van der Waals surface area contributed by atoms with Crippen molar-refractivity contribution in [2.45, 2.75) is 40.7 Å². The molecule has 0 fully saturated rings. The minimum atomic E-state index is 0. The zero-order valence-corrected chi connectivity index (χ0v) is 16.8. The fourth-order valence-corrected chi connectivity index (χ4v) is 3.15. The van der Waals surface area contributed by atoms with Crippen LogP contribution < -0.4 is 24.0 Å². The summed E-state index contributed by atoms with van der Waals surface area (Å²) in [7, 11) is 2.31. The van der Waals surface area contributed by atoms with Crippen LogP contribution in [0.5, 0.6) is 0 Å². The van der Waals surface area contributed by atoms with Gasteiger partial charge in [-0.3, -0.25) is 0 Å². The number of quaternary nitrogens is 1. The number of hydrogen-bond acceptors (Lipinski definition) is 2. The van der Waals surface area contributed by atoms with Crippen molar-refractivity contribution in [2.75, 3.05) is 33.3 Å². The molecule has 0 saturated heterocycles. The predicted molar refractivity (Wildman–Crippen MR) is 84.6 cm³/mol. The van der Waals surface area contributed by atoms with Crippen LogP contribution in [0.3, 0.4) is 0 Å². The first kappa shape index (κ1) is 20.3. The number of halogens is 1. The van der Waals surface area contributed by atoms with E-state index in [4.69, 9.17) is 4.74 Å². The molecule has 2 nitrogen and oxygen atoms in total. The van der Waals surface area contributed by atoms with Crippen molar-refractivity contribution < 1.29 is 33.2 Å². The van der Waals surface area contributed by atoms with Crippen molar-refractivity contribution in [1.82, 2.24) is 0 Å². The number of nitrogens with zero attached hydrogens (tertiary/aromatic N) is 1. The van der Waals surface area contributed by atoms with E-state index in [1.54, 1.807) is 11.3 Å². The maximum Gasteiger partial charge on any atom is 0.102 e. The minimum absolute atomic E-state index is 0. The lowest BCUT2D eigenvalue weighted by Gasteiger charge is -2.34. The molecule has 0 radical (unpaired) electrons. The Kier molecular flexibility index (Phi) is 8.86. The van der Waals surface area contributed by atoms with E-state index in [0.717, 1.165) is 17.6 Å². The summed E-state index contributed by atoms with van der Waals surface area (Å²) in [6.07, 6.45) is 0.203. The maximum atomic E-state index is 6.25. The second kappa shape index (κ2) is 8.71. The first-order chi connectivity index (χ1) is 8.82. The van der Waals surface area contributed by atoms with E-state index >= 15 is 0 Å². The monoisotopic (exact) mass is 411 g/mol. The van der Waals surface area contributed by atoms with Crippen LogP contribution in [0, 0.1) is 5.41 Å². The van der Waals surface area contributed by atoms with Gasteiger partial charge < -0.3 is 33.2 Å². The average molecular weight is 411 g/mol. The summed E-state index contributed by atoms with van der Waals surface area (Å²) in [4.78, 5) is 1.34. The summed E-state index contributed by atoms with van der Waals surface area (Å²) in [5.74, 6) is 0. The Balaban J connectivity index is 0.00000361. The Morgan fingerprint density at radius 3 is 2.25 bits per heavy atom. The van der Waals surface area contributed by atoms with Gasteiger partial charge in [-0.2, -0.15) is 0 Å². The van der Waals surface area contributed by atoms with E-state index in [2.05, 4.69) is 59.2 Å². The van der Waals surface area contributed by atoms with Crippen LogP contribution in [0.15, 0.2) is 17.5 Å². The molecule has 0 aromatic carbocycles. The summed E-state index contributed by atoms with van der Waals surface area (Å²) in [5.41, 5.74) is 0.146. The summed E-state index contributed by atoms with van der Waals surface area (Å²) in [5, 5.41) is 2.13. The molecule has 1 aromatic heterocycles. The molecule has 0 aliphatic rings. The summed E-state index contributed by atoms with van der Waals surface area (Å²) < 4.78 is 7.33. The van der Waals surface area contributed by atoms with Gasteiger partial charge in [0.15, 0.2) is 0 Å². The third-order valence-corrected chi connectivity index (χ3v) is 4.95. The SMILES string of the molecule is CC[N+](C)(CC)CCOC(c1cccs1)C(C)(C)C.[I-]. The van der Waals surface area contributed by atoms with E-state index < -0.39 is 0 Å². The zero-order chi connectivity index (χ0) is 14.5. The molecule has 0 aliphatic heterocycles. The molecule has 0 N–H and O–H groups in total. The molecule has 1 heterocycles. The lowest BCUT2D eigenvalue weighted by Crippen LogP contribution is -3.00. The van der Waals surface area contributed by atoms with Gasteiger partial charge >= 0.3 is 0 Å². The molecule has 1 atom stereocenters. The van der Waals surface area contributed by atoms with Gasteiger partial charge in [-0.15, -0.1) is 11.3 Å². The first-order valence-electron chi connectivity index (χ1n) is 7.31. The molecule has 0 spiro atoms. The van der Waals surface area contributed by atoms with Crippen molar-refractivity contribution in [1.29, 1.82) is 0 Å². The Morgan fingerprint density at radius 1 is 1.25 bits per heavy atom. The van der Waals surface area contributed by atoms with Crippen molar-refractivity contribution in [3.63, 3.8) is 0 Å². The van der Waals surface area contributed by atoms with Gasteiger partial charge in [0.25, 0.3) is 0 Å². The third kappa shape index (κ3) is 6.00. The predicted octanol–water partition coefficient (Wildman–Crippen LogP) is 1.34. The second-order valence-electron chi connectivity index (χ2n) is 6.61. The molecular weight excluding hydrogens is 381 g/mol. The standard InChI is InChI=1S/C16H30NOS.HI/c1-7-17(6,8-2)11-12-18-15(16(3,4)5)14-10-9-13-19-14;/h9-10,13,15H,7-8,11-12H2,1-6H3;1H/q+1;/p-1. The van der Waals surface area contributed by atoms with E-state index in [1.807, 2.05) is 0 Å². The van der Waals surface area contributed by atoms with Gasteiger partial charge in [-0.1, -0.05) is 26.8 Å². The number of hydrogen-bond donors (Lipinski definition) is 0. The molecule has 1 unspecified atom stereocenters. The van der Waals surface area contributed by atoms with E-state index in [1.165, 1.54) is 18.0 Å². The smallest absolute Gasteiger partial charge is 0.102 e. The van der Waals surface area contributed by atoms with Crippen molar-refractivity contribution >= 4 is 11.3 Å². The molecule has 4 heteroatoms. The average Bonchev–Trinajstić information content (AvgIpc) is 2.86. The largest absolute Gasteiger partial charge is 1.00 e. The number of thiophene rings is 1. The molecule has 0 saturated carbocycles.